The highest BCUT2D eigenvalue weighted by Crippen LogP contribution is 2.41. The Morgan fingerprint density at radius 3 is 2.31 bits per heavy atom. The fourth-order valence-corrected chi connectivity index (χ4v) is 5.19. The van der Waals surface area contributed by atoms with E-state index >= 15 is 0 Å². The molecule has 0 amide bonds. The molecule has 180 valence electrons. The van der Waals surface area contributed by atoms with Crippen LogP contribution < -0.4 is 4.74 Å². The summed E-state index contributed by atoms with van der Waals surface area (Å²) in [6.07, 6.45) is 0. The van der Waals surface area contributed by atoms with Crippen molar-refractivity contribution in [2.45, 2.75) is 37.8 Å². The number of halogens is 1. The number of thioether (sulfide) groups is 1. The number of hydrogen-bond acceptors (Lipinski definition) is 6. The minimum Gasteiger partial charge on any atom is -0.489 e. The molecule has 0 unspecified atom stereocenters. The van der Waals surface area contributed by atoms with Crippen molar-refractivity contribution in [1.29, 1.82) is 0 Å². The molecule has 0 bridgehead atoms. The number of benzene rings is 3. The molecule has 3 aromatic carbocycles. The molecule has 1 heterocycles. The van der Waals surface area contributed by atoms with Gasteiger partial charge in [-0.05, 0) is 56.7 Å². The predicted octanol–water partition coefficient (Wildman–Crippen LogP) is 6.64. The van der Waals surface area contributed by atoms with E-state index in [9.17, 15) is 10.1 Å². The smallest absolute Gasteiger partial charge is 0.220 e. The van der Waals surface area contributed by atoms with E-state index in [1.165, 1.54) is 17.3 Å². The SMILES string of the molecule is Cc1ccc(COc2ccc(Br)cc2[C@H](C[N+](=O)[O-])Sc2nnc(C)n2-c2ccc(C)cc2)cc1. The third-order valence-corrected chi connectivity index (χ3v) is 7.14. The number of nitro groups is 1. The van der Waals surface area contributed by atoms with Crippen LogP contribution in [0.25, 0.3) is 5.69 Å². The summed E-state index contributed by atoms with van der Waals surface area (Å²) >= 11 is 4.82. The van der Waals surface area contributed by atoms with E-state index in [1.807, 2.05) is 92.1 Å². The van der Waals surface area contributed by atoms with Gasteiger partial charge in [-0.2, -0.15) is 0 Å². The maximum Gasteiger partial charge on any atom is 0.220 e. The van der Waals surface area contributed by atoms with Crippen molar-refractivity contribution in [3.8, 4) is 11.4 Å². The van der Waals surface area contributed by atoms with E-state index in [-0.39, 0.29) is 11.5 Å². The van der Waals surface area contributed by atoms with Gasteiger partial charge in [-0.3, -0.25) is 14.7 Å². The second-order valence-electron chi connectivity index (χ2n) is 8.28. The van der Waals surface area contributed by atoms with Gasteiger partial charge in [0.1, 0.15) is 23.4 Å². The van der Waals surface area contributed by atoms with Gasteiger partial charge >= 0.3 is 0 Å². The molecule has 1 atom stereocenters. The van der Waals surface area contributed by atoms with Gasteiger partial charge < -0.3 is 4.74 Å². The second kappa shape index (κ2) is 11.0. The summed E-state index contributed by atoms with van der Waals surface area (Å²) in [6, 6.07) is 21.7. The van der Waals surface area contributed by atoms with Gasteiger partial charge in [0.25, 0.3) is 0 Å². The van der Waals surface area contributed by atoms with E-state index in [2.05, 4.69) is 26.1 Å². The number of ether oxygens (including phenoxy) is 1. The van der Waals surface area contributed by atoms with Crippen molar-refractivity contribution in [3.05, 3.63) is 109 Å². The van der Waals surface area contributed by atoms with Crippen LogP contribution in [0.2, 0.25) is 0 Å². The second-order valence-corrected chi connectivity index (χ2v) is 10.4. The zero-order valence-corrected chi connectivity index (χ0v) is 22.0. The van der Waals surface area contributed by atoms with Gasteiger partial charge in [0.05, 0.1) is 0 Å². The third-order valence-electron chi connectivity index (χ3n) is 5.48. The van der Waals surface area contributed by atoms with E-state index < -0.39 is 5.25 Å². The van der Waals surface area contributed by atoms with Crippen LogP contribution in [0.4, 0.5) is 0 Å². The minimum absolute atomic E-state index is 0.290. The Balaban J connectivity index is 1.67. The Morgan fingerprint density at radius 2 is 1.66 bits per heavy atom. The molecule has 0 saturated heterocycles. The number of nitrogens with zero attached hydrogens (tertiary/aromatic N) is 4. The zero-order chi connectivity index (χ0) is 24.9. The first-order chi connectivity index (χ1) is 16.8. The molecular formula is C26H25BrN4O3S. The van der Waals surface area contributed by atoms with Crippen LogP contribution in [-0.4, -0.2) is 26.2 Å². The Morgan fingerprint density at radius 1 is 1.00 bits per heavy atom. The first-order valence-electron chi connectivity index (χ1n) is 11.1. The van der Waals surface area contributed by atoms with Crippen molar-refractivity contribution in [2.24, 2.45) is 0 Å². The van der Waals surface area contributed by atoms with Crippen molar-refractivity contribution in [2.75, 3.05) is 6.54 Å². The molecule has 0 radical (unpaired) electrons. The van der Waals surface area contributed by atoms with Crippen LogP contribution in [0.15, 0.2) is 76.4 Å². The molecule has 4 aromatic rings. The lowest BCUT2D eigenvalue weighted by molar-refractivity contribution is -0.479. The fourth-order valence-electron chi connectivity index (χ4n) is 3.62. The monoisotopic (exact) mass is 552 g/mol. The third kappa shape index (κ3) is 6.29. The van der Waals surface area contributed by atoms with E-state index in [0.717, 1.165) is 26.9 Å². The largest absolute Gasteiger partial charge is 0.489 e. The molecule has 35 heavy (non-hydrogen) atoms. The quantitative estimate of drug-likeness (QED) is 0.131. The van der Waals surface area contributed by atoms with Crippen LogP contribution in [-0.2, 0) is 6.61 Å². The predicted molar refractivity (Wildman–Crippen MR) is 141 cm³/mol. The Labute approximate surface area is 216 Å². The van der Waals surface area contributed by atoms with E-state index in [1.54, 1.807) is 0 Å². The summed E-state index contributed by atoms with van der Waals surface area (Å²) in [5, 5.41) is 20.3. The summed E-state index contributed by atoms with van der Waals surface area (Å²) in [4.78, 5) is 11.4. The van der Waals surface area contributed by atoms with Crippen LogP contribution in [0.5, 0.6) is 5.75 Å². The van der Waals surface area contributed by atoms with Crippen molar-refractivity contribution in [3.63, 3.8) is 0 Å². The molecule has 4 rings (SSSR count). The lowest BCUT2D eigenvalue weighted by atomic mass is 10.1. The fraction of sp³-hybridized carbons (Fsp3) is 0.231. The van der Waals surface area contributed by atoms with Crippen LogP contribution in [0.3, 0.4) is 0 Å². The highest BCUT2D eigenvalue weighted by atomic mass is 79.9. The molecule has 0 saturated carbocycles. The molecule has 0 fully saturated rings. The van der Waals surface area contributed by atoms with Crippen molar-refractivity contribution in [1.82, 2.24) is 14.8 Å². The molecule has 1 aromatic heterocycles. The highest BCUT2D eigenvalue weighted by molar-refractivity contribution is 9.10. The van der Waals surface area contributed by atoms with Crippen molar-refractivity contribution >= 4 is 27.7 Å². The average molecular weight is 553 g/mol. The van der Waals surface area contributed by atoms with E-state index in [0.29, 0.717) is 23.3 Å². The van der Waals surface area contributed by atoms with Crippen LogP contribution >= 0.6 is 27.7 Å². The molecule has 0 N–H and O–H groups in total. The van der Waals surface area contributed by atoms with Gasteiger partial charge in [0.2, 0.25) is 6.54 Å². The Bertz CT molecular complexity index is 1320. The maximum atomic E-state index is 11.7. The van der Waals surface area contributed by atoms with Gasteiger partial charge in [-0.15, -0.1) is 10.2 Å². The first-order valence-corrected chi connectivity index (χ1v) is 12.7. The zero-order valence-electron chi connectivity index (χ0n) is 19.6. The van der Waals surface area contributed by atoms with Crippen LogP contribution in [0, 0.1) is 30.9 Å². The Kier molecular flexibility index (Phi) is 7.87. The molecule has 0 aliphatic heterocycles. The van der Waals surface area contributed by atoms with Gasteiger partial charge in [0.15, 0.2) is 5.16 Å². The van der Waals surface area contributed by atoms with Gasteiger partial charge in [-0.1, -0.05) is 75.2 Å². The first kappa shape index (κ1) is 24.9. The summed E-state index contributed by atoms with van der Waals surface area (Å²) in [5.41, 5.74) is 4.98. The molecular weight excluding hydrogens is 528 g/mol. The van der Waals surface area contributed by atoms with Crippen molar-refractivity contribution < 1.29 is 9.66 Å². The topological polar surface area (TPSA) is 83.1 Å². The molecule has 0 spiro atoms. The highest BCUT2D eigenvalue weighted by Gasteiger charge is 2.27. The summed E-state index contributed by atoms with van der Waals surface area (Å²) in [7, 11) is 0. The number of aryl methyl sites for hydroxylation is 3. The van der Waals surface area contributed by atoms with Gasteiger partial charge in [0, 0.05) is 20.6 Å². The van der Waals surface area contributed by atoms with Gasteiger partial charge in [-0.25, -0.2) is 0 Å². The maximum absolute atomic E-state index is 11.7. The Hall–Kier alpha value is -3.17. The molecule has 9 heteroatoms. The average Bonchev–Trinajstić information content (AvgIpc) is 3.19. The van der Waals surface area contributed by atoms with E-state index in [4.69, 9.17) is 4.74 Å². The minimum atomic E-state index is -0.539. The summed E-state index contributed by atoms with van der Waals surface area (Å²) in [5.74, 6) is 1.31. The van der Waals surface area contributed by atoms with Crippen LogP contribution in [0.1, 0.15) is 33.3 Å². The summed E-state index contributed by atoms with van der Waals surface area (Å²) in [6.45, 7) is 6.00. The normalized spacial score (nSPS) is 11.9. The standard InChI is InChI=1S/C26H25BrN4O3S/c1-17-4-8-20(9-5-17)16-34-24-13-10-21(27)14-23(24)25(15-30(32)33)35-26-29-28-19(3)31(26)22-11-6-18(2)7-12-22/h4-14,25H,15-16H2,1-3H3/t25-/m0/s1. The number of aromatic nitrogens is 3. The number of rotatable bonds is 9. The lowest BCUT2D eigenvalue weighted by Gasteiger charge is -2.18. The molecule has 0 aliphatic rings. The molecule has 0 aliphatic carbocycles. The summed E-state index contributed by atoms with van der Waals surface area (Å²) < 4.78 is 8.89. The molecule has 7 nitrogen and oxygen atoms in total. The lowest BCUT2D eigenvalue weighted by Crippen LogP contribution is -2.12. The number of hydrogen-bond donors (Lipinski definition) is 0.